The summed E-state index contributed by atoms with van der Waals surface area (Å²) >= 11 is 1.45. The largest absolute Gasteiger partial charge is 0.380 e. The van der Waals surface area contributed by atoms with Crippen molar-refractivity contribution in [2.24, 2.45) is 0 Å². The van der Waals surface area contributed by atoms with Gasteiger partial charge in [-0.25, -0.2) is 15.0 Å². The van der Waals surface area contributed by atoms with Crippen molar-refractivity contribution in [1.29, 1.82) is 0 Å². The minimum Gasteiger partial charge on any atom is -0.380 e. The van der Waals surface area contributed by atoms with Gasteiger partial charge < -0.3 is 9.64 Å². The molecule has 6 nitrogen and oxygen atoms in total. The van der Waals surface area contributed by atoms with Crippen LogP contribution in [0.1, 0.15) is 46.3 Å². The van der Waals surface area contributed by atoms with Crippen LogP contribution in [0.2, 0.25) is 0 Å². The number of aromatic nitrogens is 3. The Bertz CT molecular complexity index is 667. The first-order valence-corrected chi connectivity index (χ1v) is 8.62. The Morgan fingerprint density at radius 1 is 1.39 bits per heavy atom. The van der Waals surface area contributed by atoms with Crippen molar-refractivity contribution in [1.82, 2.24) is 19.9 Å². The number of aryl methyl sites for hydroxylation is 1. The Kier molecular flexibility index (Phi) is 4.97. The molecular weight excluding hydrogens is 312 g/mol. The number of hydrogen-bond donors (Lipinski definition) is 0. The summed E-state index contributed by atoms with van der Waals surface area (Å²) in [6.07, 6.45) is 3.67. The normalized spacial score (nSPS) is 15.8. The number of methoxy groups -OCH3 is 1. The molecule has 23 heavy (non-hydrogen) atoms. The van der Waals surface area contributed by atoms with Crippen LogP contribution in [-0.4, -0.2) is 46.0 Å². The predicted molar refractivity (Wildman–Crippen MR) is 87.5 cm³/mol. The lowest BCUT2D eigenvalue weighted by Gasteiger charge is -2.32. The molecule has 0 N–H and O–H groups in total. The fraction of sp³-hybridized carbons (Fsp3) is 0.500. The van der Waals surface area contributed by atoms with Crippen LogP contribution in [0.5, 0.6) is 0 Å². The molecule has 122 valence electrons. The summed E-state index contributed by atoms with van der Waals surface area (Å²) in [6, 6.07) is 0. The van der Waals surface area contributed by atoms with Crippen LogP contribution in [0.15, 0.2) is 17.1 Å². The number of carbonyl (C=O) groups is 1. The minimum atomic E-state index is 0.0284. The highest BCUT2D eigenvalue weighted by molar-refractivity contribution is 7.07. The highest BCUT2D eigenvalue weighted by Crippen LogP contribution is 2.29. The van der Waals surface area contributed by atoms with Gasteiger partial charge in [0.2, 0.25) is 0 Å². The summed E-state index contributed by atoms with van der Waals surface area (Å²) in [7, 11) is 1.68. The third-order valence-electron chi connectivity index (χ3n) is 4.14. The van der Waals surface area contributed by atoms with Crippen molar-refractivity contribution in [3.63, 3.8) is 0 Å². The number of ether oxygens (including phenoxy) is 1. The second-order valence-electron chi connectivity index (χ2n) is 5.70. The average molecular weight is 332 g/mol. The molecule has 0 radical (unpaired) electrons. The fourth-order valence-corrected chi connectivity index (χ4v) is 3.49. The third kappa shape index (κ3) is 3.56. The van der Waals surface area contributed by atoms with E-state index in [1.165, 1.54) is 11.3 Å². The van der Waals surface area contributed by atoms with Gasteiger partial charge in [0.15, 0.2) is 0 Å². The lowest BCUT2D eigenvalue weighted by atomic mass is 9.90. The second-order valence-corrected chi connectivity index (χ2v) is 6.42. The van der Waals surface area contributed by atoms with Crippen LogP contribution in [0.3, 0.4) is 0 Å². The Morgan fingerprint density at radius 3 is 2.83 bits per heavy atom. The summed E-state index contributed by atoms with van der Waals surface area (Å²) in [6.45, 7) is 3.89. The molecule has 3 heterocycles. The van der Waals surface area contributed by atoms with Crippen LogP contribution in [0.25, 0.3) is 0 Å². The third-order valence-corrected chi connectivity index (χ3v) is 4.73. The van der Waals surface area contributed by atoms with Crippen molar-refractivity contribution >= 4 is 17.2 Å². The Morgan fingerprint density at radius 2 is 2.17 bits per heavy atom. The monoisotopic (exact) mass is 332 g/mol. The van der Waals surface area contributed by atoms with Crippen molar-refractivity contribution in [2.45, 2.75) is 32.3 Å². The summed E-state index contributed by atoms with van der Waals surface area (Å²) < 4.78 is 5.26. The van der Waals surface area contributed by atoms with Crippen LogP contribution in [0, 0.1) is 6.92 Å². The van der Waals surface area contributed by atoms with E-state index in [0.29, 0.717) is 18.2 Å². The molecule has 1 aliphatic rings. The molecular formula is C16H20N4O2S. The van der Waals surface area contributed by atoms with Gasteiger partial charge in [-0.3, -0.25) is 4.79 Å². The standard InChI is InChI=1S/C16H20N4O2S/c1-11-17-7-13(8-22-2)15(19-11)12-3-5-20(6-4-12)16(21)14-9-23-10-18-14/h7,9-10,12H,3-6,8H2,1-2H3. The van der Waals surface area contributed by atoms with Gasteiger partial charge in [-0.15, -0.1) is 11.3 Å². The summed E-state index contributed by atoms with van der Waals surface area (Å²) in [5, 5.41) is 1.80. The van der Waals surface area contributed by atoms with E-state index in [1.54, 1.807) is 18.0 Å². The van der Waals surface area contributed by atoms with Crippen molar-refractivity contribution < 1.29 is 9.53 Å². The number of piperidine rings is 1. The molecule has 1 aliphatic heterocycles. The fourth-order valence-electron chi connectivity index (χ4n) is 2.97. The van der Waals surface area contributed by atoms with Gasteiger partial charge in [-0.2, -0.15) is 0 Å². The number of amides is 1. The zero-order chi connectivity index (χ0) is 16.2. The molecule has 2 aromatic rings. The maximum Gasteiger partial charge on any atom is 0.273 e. The van der Waals surface area contributed by atoms with Gasteiger partial charge in [0.1, 0.15) is 11.5 Å². The first kappa shape index (κ1) is 16.0. The van der Waals surface area contributed by atoms with E-state index in [9.17, 15) is 4.79 Å². The molecule has 1 fully saturated rings. The smallest absolute Gasteiger partial charge is 0.273 e. The number of carbonyl (C=O) groups excluding carboxylic acids is 1. The molecule has 0 saturated carbocycles. The van der Waals surface area contributed by atoms with Crippen molar-refractivity contribution in [3.8, 4) is 0 Å². The summed E-state index contributed by atoms with van der Waals surface area (Å²) in [4.78, 5) is 27.2. The van der Waals surface area contributed by atoms with Crippen LogP contribution < -0.4 is 0 Å². The van der Waals surface area contributed by atoms with E-state index >= 15 is 0 Å². The highest BCUT2D eigenvalue weighted by Gasteiger charge is 2.27. The van der Waals surface area contributed by atoms with E-state index in [0.717, 1.165) is 43.0 Å². The first-order valence-electron chi connectivity index (χ1n) is 7.68. The maximum absolute atomic E-state index is 12.4. The quantitative estimate of drug-likeness (QED) is 0.860. The van der Waals surface area contributed by atoms with Crippen molar-refractivity contribution in [3.05, 3.63) is 39.9 Å². The SMILES string of the molecule is COCc1cnc(C)nc1C1CCN(C(=O)c2cscn2)CC1. The minimum absolute atomic E-state index is 0.0284. The molecule has 1 saturated heterocycles. The lowest BCUT2D eigenvalue weighted by Crippen LogP contribution is -2.38. The molecule has 7 heteroatoms. The van der Waals surface area contributed by atoms with Crippen LogP contribution >= 0.6 is 11.3 Å². The summed E-state index contributed by atoms with van der Waals surface area (Å²) in [5.41, 5.74) is 4.36. The molecule has 1 amide bonds. The zero-order valence-corrected chi connectivity index (χ0v) is 14.2. The van der Waals surface area contributed by atoms with E-state index in [-0.39, 0.29) is 5.91 Å². The molecule has 3 rings (SSSR count). The molecule has 0 aromatic carbocycles. The number of rotatable bonds is 4. The average Bonchev–Trinajstić information content (AvgIpc) is 3.11. The lowest BCUT2D eigenvalue weighted by molar-refractivity contribution is 0.0706. The van der Waals surface area contributed by atoms with Gasteiger partial charge in [-0.1, -0.05) is 0 Å². The van der Waals surface area contributed by atoms with E-state index in [4.69, 9.17) is 4.74 Å². The van der Waals surface area contributed by atoms with E-state index in [1.807, 2.05) is 18.0 Å². The second kappa shape index (κ2) is 7.14. The molecule has 0 aliphatic carbocycles. The topological polar surface area (TPSA) is 68.2 Å². The van der Waals surface area contributed by atoms with Gasteiger partial charge in [0, 0.05) is 43.3 Å². The van der Waals surface area contributed by atoms with Gasteiger partial charge in [-0.05, 0) is 19.8 Å². The number of thiazole rings is 1. The van der Waals surface area contributed by atoms with E-state index < -0.39 is 0 Å². The Balaban J connectivity index is 1.69. The first-order chi connectivity index (χ1) is 11.2. The number of nitrogens with zero attached hydrogens (tertiary/aromatic N) is 4. The van der Waals surface area contributed by atoms with Crippen LogP contribution in [-0.2, 0) is 11.3 Å². The van der Waals surface area contributed by atoms with Gasteiger partial charge in [0.25, 0.3) is 5.91 Å². The van der Waals surface area contributed by atoms with Gasteiger partial charge >= 0.3 is 0 Å². The predicted octanol–water partition coefficient (Wildman–Crippen LogP) is 2.41. The highest BCUT2D eigenvalue weighted by atomic mass is 32.1. The molecule has 0 atom stereocenters. The van der Waals surface area contributed by atoms with Crippen LogP contribution in [0.4, 0.5) is 0 Å². The summed E-state index contributed by atoms with van der Waals surface area (Å²) in [5.74, 6) is 1.16. The number of likely N-dealkylation sites (tertiary alicyclic amines) is 1. The van der Waals surface area contributed by atoms with Gasteiger partial charge in [0.05, 0.1) is 17.8 Å². The van der Waals surface area contributed by atoms with E-state index in [2.05, 4.69) is 15.0 Å². The Labute approximate surface area is 139 Å². The number of hydrogen-bond acceptors (Lipinski definition) is 6. The molecule has 0 bridgehead atoms. The maximum atomic E-state index is 12.4. The molecule has 0 spiro atoms. The molecule has 2 aromatic heterocycles. The van der Waals surface area contributed by atoms with Crippen molar-refractivity contribution in [2.75, 3.05) is 20.2 Å². The Hall–Kier alpha value is -1.86. The molecule has 0 unspecified atom stereocenters. The zero-order valence-electron chi connectivity index (χ0n) is 13.4.